The van der Waals surface area contributed by atoms with Gasteiger partial charge < -0.3 is 4.90 Å². The van der Waals surface area contributed by atoms with Gasteiger partial charge in [-0.3, -0.25) is 9.58 Å². The molecule has 0 aromatic carbocycles. The summed E-state index contributed by atoms with van der Waals surface area (Å²) in [4.78, 5) is 8.81. The summed E-state index contributed by atoms with van der Waals surface area (Å²) in [5.74, 6) is 0.990. The van der Waals surface area contributed by atoms with Gasteiger partial charge in [-0.2, -0.15) is 10.2 Å². The van der Waals surface area contributed by atoms with Crippen molar-refractivity contribution in [2.24, 2.45) is 7.05 Å². The Hall–Kier alpha value is -2.95. The molecule has 0 unspecified atom stereocenters. The molecule has 5 heterocycles. The van der Waals surface area contributed by atoms with Gasteiger partial charge in [0, 0.05) is 74.1 Å². The van der Waals surface area contributed by atoms with Gasteiger partial charge in [0.05, 0.1) is 28.8 Å². The summed E-state index contributed by atoms with van der Waals surface area (Å²) < 4.78 is 25.5. The predicted octanol–water partition coefficient (Wildman–Crippen LogP) is 2.14. The van der Waals surface area contributed by atoms with Crippen LogP contribution in [-0.4, -0.2) is 69.8 Å². The number of rotatable bonds is 5. The quantitative estimate of drug-likeness (QED) is 0.446. The second-order valence-electron chi connectivity index (χ2n) is 7.82. The van der Waals surface area contributed by atoms with Crippen molar-refractivity contribution in [1.29, 1.82) is 0 Å². The maximum atomic E-state index is 11.0. The molecule has 4 aromatic heterocycles. The Kier molecular flexibility index (Phi) is 5.58. The standard InChI is InChI=1S/C21H22ClN7O2S/c1-26-12-17(10-24-26)16-8-18(21-19(22)11-25-29(21)13-16)15-2-3-20(23-9-15)28-6-4-27(5-7-28)14-32(30)31/h2-3,8-13,32H,4-7,14H2,1H3. The van der Waals surface area contributed by atoms with Crippen molar-refractivity contribution in [2.75, 3.05) is 37.0 Å². The molecule has 1 saturated heterocycles. The Morgan fingerprint density at radius 2 is 1.78 bits per heavy atom. The van der Waals surface area contributed by atoms with Crippen LogP contribution < -0.4 is 4.90 Å². The van der Waals surface area contributed by atoms with Crippen LogP contribution in [-0.2, 0) is 17.8 Å². The lowest BCUT2D eigenvalue weighted by Gasteiger charge is -2.34. The molecule has 9 nitrogen and oxygen atoms in total. The lowest BCUT2D eigenvalue weighted by atomic mass is 10.0. The molecule has 0 atom stereocenters. The second kappa shape index (κ2) is 8.53. The van der Waals surface area contributed by atoms with Crippen LogP contribution in [0.25, 0.3) is 27.8 Å². The minimum atomic E-state index is -2.39. The Morgan fingerprint density at radius 3 is 2.44 bits per heavy atom. The predicted molar refractivity (Wildman–Crippen MR) is 125 cm³/mol. The highest BCUT2D eigenvalue weighted by Crippen LogP contribution is 2.34. The van der Waals surface area contributed by atoms with E-state index in [9.17, 15) is 8.42 Å². The average Bonchev–Trinajstić information content (AvgIpc) is 3.39. The summed E-state index contributed by atoms with van der Waals surface area (Å²) in [7, 11) is -0.499. The first kappa shape index (κ1) is 20.9. The van der Waals surface area contributed by atoms with Crippen molar-refractivity contribution in [1.82, 2.24) is 29.3 Å². The molecule has 0 saturated carbocycles. The molecule has 0 amide bonds. The Morgan fingerprint density at radius 1 is 0.969 bits per heavy atom. The SMILES string of the molecule is Cn1cc(-c2cc(-c3ccc(N4CCN(C[SH](=O)=O)CC4)nc3)c3c(Cl)cnn3c2)cn1. The van der Waals surface area contributed by atoms with E-state index in [1.165, 1.54) is 0 Å². The number of hydrogen-bond donors (Lipinski definition) is 1. The van der Waals surface area contributed by atoms with E-state index in [-0.39, 0.29) is 5.88 Å². The highest BCUT2D eigenvalue weighted by Gasteiger charge is 2.19. The van der Waals surface area contributed by atoms with Gasteiger partial charge >= 0.3 is 0 Å². The van der Waals surface area contributed by atoms with Gasteiger partial charge in [0.1, 0.15) is 5.82 Å². The Bertz CT molecular complexity index is 1330. The summed E-state index contributed by atoms with van der Waals surface area (Å²) in [5, 5.41) is 9.25. The van der Waals surface area contributed by atoms with E-state index in [1.807, 2.05) is 48.9 Å². The highest BCUT2D eigenvalue weighted by atomic mass is 35.5. The van der Waals surface area contributed by atoms with Crippen LogP contribution in [0, 0.1) is 0 Å². The van der Waals surface area contributed by atoms with Crippen molar-refractivity contribution in [3.63, 3.8) is 0 Å². The number of nitrogens with zero attached hydrogens (tertiary/aromatic N) is 7. The maximum Gasteiger partial charge on any atom is 0.153 e. The van der Waals surface area contributed by atoms with E-state index in [0.717, 1.165) is 46.7 Å². The molecule has 11 heteroatoms. The fourth-order valence-corrected chi connectivity index (χ4v) is 4.89. The zero-order valence-corrected chi connectivity index (χ0v) is 19.1. The second-order valence-corrected chi connectivity index (χ2v) is 9.17. The van der Waals surface area contributed by atoms with Crippen LogP contribution in [0.1, 0.15) is 0 Å². The van der Waals surface area contributed by atoms with E-state index in [4.69, 9.17) is 16.6 Å². The van der Waals surface area contributed by atoms with Crippen LogP contribution >= 0.6 is 11.6 Å². The van der Waals surface area contributed by atoms with Gasteiger partial charge in [0.25, 0.3) is 0 Å². The third kappa shape index (κ3) is 4.08. The summed E-state index contributed by atoms with van der Waals surface area (Å²) in [6, 6.07) is 6.12. The molecule has 0 bridgehead atoms. The van der Waals surface area contributed by atoms with Gasteiger partial charge in [-0.15, -0.1) is 0 Å². The fourth-order valence-electron chi connectivity index (χ4n) is 4.05. The lowest BCUT2D eigenvalue weighted by molar-refractivity contribution is 0.295. The van der Waals surface area contributed by atoms with E-state index in [0.29, 0.717) is 18.1 Å². The first-order chi connectivity index (χ1) is 15.5. The van der Waals surface area contributed by atoms with E-state index in [2.05, 4.69) is 21.2 Å². The number of hydrogen-bond acceptors (Lipinski definition) is 7. The third-order valence-corrected chi connectivity index (χ3v) is 6.58. The summed E-state index contributed by atoms with van der Waals surface area (Å²) in [6.07, 6.45) is 9.21. The lowest BCUT2D eigenvalue weighted by Crippen LogP contribution is -2.47. The molecule has 0 N–H and O–H groups in total. The number of pyridine rings is 2. The Labute approximate surface area is 191 Å². The number of aryl methyl sites for hydroxylation is 1. The van der Waals surface area contributed by atoms with Gasteiger partial charge in [-0.1, -0.05) is 11.6 Å². The smallest absolute Gasteiger partial charge is 0.153 e. The molecule has 32 heavy (non-hydrogen) atoms. The molecule has 0 radical (unpaired) electrons. The maximum absolute atomic E-state index is 11.0. The highest BCUT2D eigenvalue weighted by molar-refractivity contribution is 7.72. The number of halogens is 1. The minimum absolute atomic E-state index is 0.116. The average molecular weight is 472 g/mol. The van der Waals surface area contributed by atoms with Crippen molar-refractivity contribution in [3.8, 4) is 22.3 Å². The topological polar surface area (TPSA) is 88.6 Å². The molecule has 1 fully saturated rings. The first-order valence-electron chi connectivity index (χ1n) is 10.2. The van der Waals surface area contributed by atoms with Crippen LogP contribution in [0.3, 0.4) is 0 Å². The van der Waals surface area contributed by atoms with Crippen LogP contribution in [0.4, 0.5) is 5.82 Å². The molecule has 0 aliphatic carbocycles. The van der Waals surface area contributed by atoms with Crippen LogP contribution in [0.2, 0.25) is 5.02 Å². The molecular weight excluding hydrogens is 450 g/mol. The number of thiol groups is 1. The van der Waals surface area contributed by atoms with Gasteiger partial charge in [0.15, 0.2) is 10.7 Å². The van der Waals surface area contributed by atoms with Crippen LogP contribution in [0.5, 0.6) is 0 Å². The molecule has 1 aliphatic heterocycles. The summed E-state index contributed by atoms with van der Waals surface area (Å²) in [5.41, 5.74) is 4.68. The normalized spacial score (nSPS) is 15.2. The number of piperazine rings is 1. The van der Waals surface area contributed by atoms with E-state index >= 15 is 0 Å². The van der Waals surface area contributed by atoms with Crippen molar-refractivity contribution in [2.45, 2.75) is 0 Å². The zero-order valence-electron chi connectivity index (χ0n) is 17.4. The third-order valence-electron chi connectivity index (χ3n) is 5.68. The molecular formula is C21H22ClN7O2S. The van der Waals surface area contributed by atoms with Crippen molar-refractivity contribution < 1.29 is 8.42 Å². The minimum Gasteiger partial charge on any atom is -0.354 e. The summed E-state index contributed by atoms with van der Waals surface area (Å²) in [6.45, 7) is 2.88. The molecule has 4 aromatic rings. The first-order valence-corrected chi connectivity index (χ1v) is 11.9. The van der Waals surface area contributed by atoms with E-state index in [1.54, 1.807) is 15.4 Å². The molecule has 5 rings (SSSR count). The number of anilines is 1. The van der Waals surface area contributed by atoms with Gasteiger partial charge in [-0.25, -0.2) is 17.9 Å². The Balaban J connectivity index is 1.45. The van der Waals surface area contributed by atoms with Crippen molar-refractivity contribution in [3.05, 3.63) is 54.2 Å². The zero-order chi connectivity index (χ0) is 22.2. The molecule has 1 aliphatic rings. The van der Waals surface area contributed by atoms with Crippen molar-refractivity contribution >= 4 is 33.6 Å². The summed E-state index contributed by atoms with van der Waals surface area (Å²) >= 11 is 6.46. The van der Waals surface area contributed by atoms with E-state index < -0.39 is 10.7 Å². The molecule has 0 spiro atoms. The van der Waals surface area contributed by atoms with Crippen LogP contribution in [0.15, 0.2) is 49.2 Å². The number of fused-ring (bicyclic) bond motifs is 1. The molecule has 166 valence electrons. The monoisotopic (exact) mass is 471 g/mol. The fraction of sp³-hybridized carbons (Fsp3) is 0.286. The largest absolute Gasteiger partial charge is 0.354 e. The van der Waals surface area contributed by atoms with Gasteiger partial charge in [0.2, 0.25) is 0 Å². The number of aromatic nitrogens is 5. The van der Waals surface area contributed by atoms with Gasteiger partial charge in [-0.05, 0) is 18.2 Å².